The van der Waals surface area contributed by atoms with Crippen LogP contribution in [0.3, 0.4) is 0 Å². The maximum Gasteiger partial charge on any atom is 0.251 e. The average molecular weight is 283 g/mol. The molecule has 6 heteroatoms. The van der Waals surface area contributed by atoms with Gasteiger partial charge in [0, 0.05) is 25.2 Å². The summed E-state index contributed by atoms with van der Waals surface area (Å²) in [6.45, 7) is 5.00. The number of nitrogens with zero attached hydrogens (tertiary/aromatic N) is 1. The van der Waals surface area contributed by atoms with E-state index < -0.39 is 17.5 Å². The third kappa shape index (κ3) is 3.25. The van der Waals surface area contributed by atoms with Crippen molar-refractivity contribution < 1.29 is 13.6 Å². The lowest BCUT2D eigenvalue weighted by molar-refractivity contribution is 0.0996. The number of piperidine rings is 1. The standard InChI is InChI=1S/C14H19F2N3O/c1-2-19-5-3-9(4-6-19)18-13-7-10(14(17)20)11(15)8-12(13)16/h7-9,18H,2-6H2,1H3,(H2,17,20). The smallest absolute Gasteiger partial charge is 0.251 e. The second-order valence-electron chi connectivity index (χ2n) is 5.03. The number of primary amides is 1. The van der Waals surface area contributed by atoms with Crippen LogP contribution in [0.4, 0.5) is 14.5 Å². The zero-order valence-corrected chi connectivity index (χ0v) is 11.5. The highest BCUT2D eigenvalue weighted by Gasteiger charge is 2.20. The van der Waals surface area contributed by atoms with Crippen molar-refractivity contribution in [3.05, 3.63) is 29.3 Å². The van der Waals surface area contributed by atoms with Gasteiger partial charge >= 0.3 is 0 Å². The first-order chi connectivity index (χ1) is 9.51. The zero-order valence-electron chi connectivity index (χ0n) is 11.5. The second-order valence-corrected chi connectivity index (χ2v) is 5.03. The molecule has 0 bridgehead atoms. The first-order valence-corrected chi connectivity index (χ1v) is 6.79. The van der Waals surface area contributed by atoms with Crippen LogP contribution in [0.5, 0.6) is 0 Å². The molecule has 110 valence electrons. The van der Waals surface area contributed by atoms with Crippen LogP contribution < -0.4 is 11.1 Å². The number of anilines is 1. The molecule has 0 aliphatic carbocycles. The average Bonchev–Trinajstić information content (AvgIpc) is 2.42. The number of likely N-dealkylation sites (tertiary alicyclic amines) is 1. The molecule has 0 unspecified atom stereocenters. The van der Waals surface area contributed by atoms with Crippen LogP contribution >= 0.6 is 0 Å². The molecule has 3 N–H and O–H groups in total. The van der Waals surface area contributed by atoms with Gasteiger partial charge in [-0.25, -0.2) is 8.78 Å². The van der Waals surface area contributed by atoms with Gasteiger partial charge in [0.2, 0.25) is 0 Å². The van der Waals surface area contributed by atoms with Crippen molar-refractivity contribution in [2.45, 2.75) is 25.8 Å². The van der Waals surface area contributed by atoms with Crippen LogP contribution in [0.15, 0.2) is 12.1 Å². The number of hydrogen-bond acceptors (Lipinski definition) is 3. The molecule has 0 spiro atoms. The number of carbonyl (C=O) groups is 1. The van der Waals surface area contributed by atoms with Gasteiger partial charge in [0.1, 0.15) is 11.6 Å². The Kier molecular flexibility index (Phi) is 4.54. The quantitative estimate of drug-likeness (QED) is 0.888. The Morgan fingerprint density at radius 3 is 2.55 bits per heavy atom. The highest BCUT2D eigenvalue weighted by Crippen LogP contribution is 2.22. The Morgan fingerprint density at radius 1 is 1.35 bits per heavy atom. The van der Waals surface area contributed by atoms with Gasteiger partial charge in [-0.1, -0.05) is 6.92 Å². The van der Waals surface area contributed by atoms with Gasteiger partial charge < -0.3 is 16.0 Å². The molecule has 4 nitrogen and oxygen atoms in total. The van der Waals surface area contributed by atoms with Crippen LogP contribution in [0.2, 0.25) is 0 Å². The van der Waals surface area contributed by atoms with E-state index in [9.17, 15) is 13.6 Å². The molecule has 0 aromatic heterocycles. The summed E-state index contributed by atoms with van der Waals surface area (Å²) in [5.41, 5.74) is 4.91. The molecule has 1 heterocycles. The number of nitrogens with one attached hydrogen (secondary N) is 1. The fraction of sp³-hybridized carbons (Fsp3) is 0.500. The molecule has 0 radical (unpaired) electrons. The van der Waals surface area contributed by atoms with Crippen LogP contribution in [0.1, 0.15) is 30.1 Å². The van der Waals surface area contributed by atoms with E-state index in [-0.39, 0.29) is 17.3 Å². The van der Waals surface area contributed by atoms with Gasteiger partial charge in [-0.15, -0.1) is 0 Å². The van der Waals surface area contributed by atoms with E-state index in [0.29, 0.717) is 6.07 Å². The minimum atomic E-state index is -0.929. The number of amides is 1. The third-order valence-electron chi connectivity index (χ3n) is 3.72. The Morgan fingerprint density at radius 2 is 2.00 bits per heavy atom. The van der Waals surface area contributed by atoms with Gasteiger partial charge in [0.25, 0.3) is 5.91 Å². The molecule has 1 aliphatic heterocycles. The minimum absolute atomic E-state index is 0.124. The van der Waals surface area contributed by atoms with Crippen molar-refractivity contribution >= 4 is 11.6 Å². The summed E-state index contributed by atoms with van der Waals surface area (Å²) in [6.07, 6.45) is 1.77. The Hall–Kier alpha value is -1.69. The van der Waals surface area contributed by atoms with Crippen LogP contribution in [0, 0.1) is 11.6 Å². The fourth-order valence-corrected chi connectivity index (χ4v) is 2.46. The van der Waals surface area contributed by atoms with Gasteiger partial charge in [0.05, 0.1) is 11.3 Å². The van der Waals surface area contributed by atoms with Crippen molar-refractivity contribution in [2.24, 2.45) is 5.73 Å². The zero-order chi connectivity index (χ0) is 14.7. The maximum absolute atomic E-state index is 13.7. The summed E-state index contributed by atoms with van der Waals surface area (Å²) in [4.78, 5) is 13.4. The van der Waals surface area contributed by atoms with Gasteiger partial charge in [-0.3, -0.25) is 4.79 Å². The number of hydrogen-bond donors (Lipinski definition) is 2. The number of nitrogens with two attached hydrogens (primary N) is 1. The van der Waals surface area contributed by atoms with E-state index in [2.05, 4.69) is 17.1 Å². The van der Waals surface area contributed by atoms with E-state index in [0.717, 1.165) is 38.5 Å². The second kappa shape index (κ2) is 6.17. The Balaban J connectivity index is 2.10. The highest BCUT2D eigenvalue weighted by molar-refractivity contribution is 5.94. The first kappa shape index (κ1) is 14.7. The molecule has 1 saturated heterocycles. The van der Waals surface area contributed by atoms with Crippen molar-refractivity contribution in [3.8, 4) is 0 Å². The molecule has 1 aromatic carbocycles. The molecular formula is C14H19F2N3O. The monoisotopic (exact) mass is 283 g/mol. The summed E-state index contributed by atoms with van der Waals surface area (Å²) in [5.74, 6) is -2.53. The van der Waals surface area contributed by atoms with E-state index in [4.69, 9.17) is 5.73 Å². The van der Waals surface area contributed by atoms with Crippen molar-refractivity contribution in [1.82, 2.24) is 4.90 Å². The topological polar surface area (TPSA) is 58.4 Å². The maximum atomic E-state index is 13.7. The van der Waals surface area contributed by atoms with Gasteiger partial charge in [-0.05, 0) is 25.5 Å². The number of benzene rings is 1. The Bertz CT molecular complexity index is 499. The summed E-state index contributed by atoms with van der Waals surface area (Å²) in [5, 5.41) is 3.04. The van der Waals surface area contributed by atoms with E-state index in [1.807, 2.05) is 0 Å². The van der Waals surface area contributed by atoms with E-state index in [1.54, 1.807) is 0 Å². The summed E-state index contributed by atoms with van der Waals surface area (Å²) in [7, 11) is 0. The molecule has 0 atom stereocenters. The van der Waals surface area contributed by atoms with Crippen LogP contribution in [-0.4, -0.2) is 36.5 Å². The van der Waals surface area contributed by atoms with Gasteiger partial charge in [-0.2, -0.15) is 0 Å². The fourth-order valence-electron chi connectivity index (χ4n) is 2.46. The molecule has 1 aliphatic rings. The largest absolute Gasteiger partial charge is 0.380 e. The van der Waals surface area contributed by atoms with Crippen molar-refractivity contribution in [2.75, 3.05) is 25.0 Å². The number of carbonyl (C=O) groups excluding carboxylic acids is 1. The summed E-state index contributed by atoms with van der Waals surface area (Å²) in [6, 6.07) is 1.97. The third-order valence-corrected chi connectivity index (χ3v) is 3.72. The molecule has 20 heavy (non-hydrogen) atoms. The predicted molar refractivity (Wildman–Crippen MR) is 73.6 cm³/mol. The lowest BCUT2D eigenvalue weighted by Crippen LogP contribution is -2.39. The van der Waals surface area contributed by atoms with Gasteiger partial charge in [0.15, 0.2) is 0 Å². The Labute approximate surface area is 116 Å². The molecular weight excluding hydrogens is 264 g/mol. The molecule has 1 fully saturated rings. The molecule has 1 amide bonds. The minimum Gasteiger partial charge on any atom is -0.380 e. The molecule has 0 saturated carbocycles. The van der Waals surface area contributed by atoms with E-state index >= 15 is 0 Å². The van der Waals surface area contributed by atoms with Crippen molar-refractivity contribution in [3.63, 3.8) is 0 Å². The molecule has 2 rings (SSSR count). The predicted octanol–water partition coefficient (Wildman–Crippen LogP) is 1.96. The van der Waals surface area contributed by atoms with Crippen molar-refractivity contribution in [1.29, 1.82) is 0 Å². The number of rotatable bonds is 4. The van der Waals surface area contributed by atoms with Crippen LogP contribution in [-0.2, 0) is 0 Å². The van der Waals surface area contributed by atoms with Crippen LogP contribution in [0.25, 0.3) is 0 Å². The lowest BCUT2D eigenvalue weighted by atomic mass is 10.0. The lowest BCUT2D eigenvalue weighted by Gasteiger charge is -2.32. The van der Waals surface area contributed by atoms with E-state index in [1.165, 1.54) is 0 Å². The SMILES string of the molecule is CCN1CCC(Nc2cc(C(N)=O)c(F)cc2F)CC1. The summed E-state index contributed by atoms with van der Waals surface area (Å²) < 4.78 is 27.1. The first-order valence-electron chi connectivity index (χ1n) is 6.79. The number of halogens is 2. The highest BCUT2D eigenvalue weighted by atomic mass is 19.1. The normalized spacial score (nSPS) is 17.1. The summed E-state index contributed by atoms with van der Waals surface area (Å²) >= 11 is 0. The molecule has 1 aromatic rings.